The Kier molecular flexibility index (Phi) is 7.94. The minimum atomic E-state index is -0.107. The number of rotatable bonds is 9. The summed E-state index contributed by atoms with van der Waals surface area (Å²) in [6.45, 7) is 8.71. The lowest BCUT2D eigenvalue weighted by molar-refractivity contribution is -0.120. The number of thiazole rings is 1. The highest BCUT2D eigenvalue weighted by Gasteiger charge is 2.12. The van der Waals surface area contributed by atoms with Gasteiger partial charge in [0.25, 0.3) is 0 Å². The molecular weight excluding hydrogens is 362 g/mol. The van der Waals surface area contributed by atoms with Crippen molar-refractivity contribution in [3.05, 3.63) is 46.5 Å². The summed E-state index contributed by atoms with van der Waals surface area (Å²) in [6, 6.07) is 7.99. The van der Waals surface area contributed by atoms with Crippen molar-refractivity contribution >= 4 is 28.3 Å². The predicted molar refractivity (Wildman–Crippen MR) is 107 cm³/mol. The first-order valence-corrected chi connectivity index (χ1v) is 9.93. The first-order valence-electron chi connectivity index (χ1n) is 9.05. The van der Waals surface area contributed by atoms with Gasteiger partial charge in [0.1, 0.15) is 0 Å². The van der Waals surface area contributed by atoms with Gasteiger partial charge >= 0.3 is 0 Å². The number of anilines is 1. The van der Waals surface area contributed by atoms with Crippen LogP contribution in [0, 0.1) is 5.92 Å². The molecule has 0 aliphatic rings. The van der Waals surface area contributed by atoms with Gasteiger partial charge in [0.05, 0.1) is 24.8 Å². The van der Waals surface area contributed by atoms with E-state index in [4.69, 9.17) is 4.74 Å². The fourth-order valence-electron chi connectivity index (χ4n) is 2.14. The second-order valence-corrected chi connectivity index (χ2v) is 7.78. The molecule has 1 aromatic heterocycles. The van der Waals surface area contributed by atoms with Crippen LogP contribution in [0.15, 0.2) is 29.6 Å². The molecule has 2 amide bonds. The van der Waals surface area contributed by atoms with Gasteiger partial charge < -0.3 is 15.4 Å². The van der Waals surface area contributed by atoms with E-state index in [2.05, 4.69) is 15.6 Å². The standard InChI is InChI=1S/C20H27N3O3S/c1-13(2)19(25)23-20-22-17(12-27-20)9-18(24)21-10-15-5-7-16(8-6-15)11-26-14(3)4/h5-8,12-14H,9-11H2,1-4H3,(H,21,24)(H,22,23,25). The lowest BCUT2D eigenvalue weighted by Crippen LogP contribution is -2.24. The van der Waals surface area contributed by atoms with Gasteiger partial charge in [0, 0.05) is 17.8 Å². The molecule has 1 aromatic carbocycles. The third-order valence-corrected chi connectivity index (χ3v) is 4.55. The van der Waals surface area contributed by atoms with Crippen LogP contribution in [0.2, 0.25) is 0 Å². The maximum absolute atomic E-state index is 12.1. The highest BCUT2D eigenvalue weighted by Crippen LogP contribution is 2.16. The molecule has 0 saturated heterocycles. The van der Waals surface area contributed by atoms with Crippen molar-refractivity contribution < 1.29 is 14.3 Å². The fraction of sp³-hybridized carbons (Fsp3) is 0.450. The molecule has 27 heavy (non-hydrogen) atoms. The van der Waals surface area contributed by atoms with E-state index < -0.39 is 0 Å². The van der Waals surface area contributed by atoms with Crippen molar-refractivity contribution in [1.29, 1.82) is 0 Å². The van der Waals surface area contributed by atoms with E-state index >= 15 is 0 Å². The Hall–Kier alpha value is -2.25. The van der Waals surface area contributed by atoms with Gasteiger partial charge in [-0.1, -0.05) is 38.1 Å². The molecule has 0 fully saturated rings. The van der Waals surface area contributed by atoms with Gasteiger partial charge in [0.2, 0.25) is 11.8 Å². The zero-order valence-corrected chi connectivity index (χ0v) is 17.1. The van der Waals surface area contributed by atoms with Crippen molar-refractivity contribution in [2.24, 2.45) is 5.92 Å². The maximum atomic E-state index is 12.1. The number of nitrogens with zero attached hydrogens (tertiary/aromatic N) is 1. The van der Waals surface area contributed by atoms with Crippen LogP contribution < -0.4 is 10.6 Å². The van der Waals surface area contributed by atoms with Crippen molar-refractivity contribution in [3.63, 3.8) is 0 Å². The molecule has 2 N–H and O–H groups in total. The lowest BCUT2D eigenvalue weighted by Gasteiger charge is -2.09. The summed E-state index contributed by atoms with van der Waals surface area (Å²) < 4.78 is 5.57. The second-order valence-electron chi connectivity index (χ2n) is 6.92. The van der Waals surface area contributed by atoms with Crippen LogP contribution in [-0.2, 0) is 33.9 Å². The Morgan fingerprint density at radius 3 is 2.41 bits per heavy atom. The molecule has 0 unspecified atom stereocenters. The van der Waals surface area contributed by atoms with E-state index in [1.807, 2.05) is 52.0 Å². The van der Waals surface area contributed by atoms with Crippen LogP contribution in [0.1, 0.15) is 44.5 Å². The first kappa shape index (κ1) is 21.1. The monoisotopic (exact) mass is 389 g/mol. The Labute approximate surface area is 164 Å². The van der Waals surface area contributed by atoms with Gasteiger partial charge in [-0.25, -0.2) is 4.98 Å². The zero-order valence-electron chi connectivity index (χ0n) is 16.2. The van der Waals surface area contributed by atoms with Crippen molar-refractivity contribution in [1.82, 2.24) is 10.3 Å². The molecule has 0 saturated carbocycles. The summed E-state index contributed by atoms with van der Waals surface area (Å²) in [7, 11) is 0. The summed E-state index contributed by atoms with van der Waals surface area (Å²) in [4.78, 5) is 28.1. The van der Waals surface area contributed by atoms with Gasteiger partial charge in [-0.2, -0.15) is 0 Å². The molecule has 0 aliphatic heterocycles. The van der Waals surface area contributed by atoms with E-state index in [-0.39, 0.29) is 30.3 Å². The number of carbonyl (C=O) groups excluding carboxylic acids is 2. The van der Waals surface area contributed by atoms with Crippen LogP contribution in [0.5, 0.6) is 0 Å². The van der Waals surface area contributed by atoms with Gasteiger partial charge in [-0.3, -0.25) is 9.59 Å². The van der Waals surface area contributed by atoms with Crippen LogP contribution >= 0.6 is 11.3 Å². The summed E-state index contributed by atoms with van der Waals surface area (Å²) in [6.07, 6.45) is 0.392. The Morgan fingerprint density at radius 2 is 1.78 bits per heavy atom. The maximum Gasteiger partial charge on any atom is 0.228 e. The van der Waals surface area contributed by atoms with Crippen LogP contribution in [0.25, 0.3) is 0 Å². The van der Waals surface area contributed by atoms with E-state index in [0.717, 1.165) is 11.1 Å². The number of nitrogens with one attached hydrogen (secondary N) is 2. The number of amides is 2. The molecule has 2 rings (SSSR count). The molecule has 0 radical (unpaired) electrons. The molecule has 6 nitrogen and oxygen atoms in total. The molecule has 0 atom stereocenters. The smallest absolute Gasteiger partial charge is 0.228 e. The fourth-order valence-corrected chi connectivity index (χ4v) is 2.85. The van der Waals surface area contributed by atoms with E-state index in [9.17, 15) is 9.59 Å². The largest absolute Gasteiger partial charge is 0.374 e. The average molecular weight is 390 g/mol. The summed E-state index contributed by atoms with van der Waals surface area (Å²) in [5.74, 6) is -0.291. The highest BCUT2D eigenvalue weighted by atomic mass is 32.1. The van der Waals surface area contributed by atoms with E-state index in [0.29, 0.717) is 24.0 Å². The molecule has 1 heterocycles. The summed E-state index contributed by atoms with van der Waals surface area (Å²) >= 11 is 1.32. The highest BCUT2D eigenvalue weighted by molar-refractivity contribution is 7.13. The molecular formula is C20H27N3O3S. The van der Waals surface area contributed by atoms with Crippen molar-refractivity contribution in [2.75, 3.05) is 5.32 Å². The minimum absolute atomic E-state index is 0.0809. The average Bonchev–Trinajstić information content (AvgIpc) is 3.05. The summed E-state index contributed by atoms with van der Waals surface area (Å²) in [5, 5.41) is 7.95. The van der Waals surface area contributed by atoms with Crippen molar-refractivity contribution in [2.45, 2.75) is 53.4 Å². The predicted octanol–water partition coefficient (Wildman–Crippen LogP) is 3.52. The van der Waals surface area contributed by atoms with Gasteiger partial charge in [0.15, 0.2) is 5.13 Å². The Balaban J connectivity index is 1.77. The SMILES string of the molecule is CC(C)OCc1ccc(CNC(=O)Cc2csc(NC(=O)C(C)C)n2)cc1. The molecule has 0 bridgehead atoms. The van der Waals surface area contributed by atoms with E-state index in [1.165, 1.54) is 11.3 Å². The van der Waals surface area contributed by atoms with Crippen LogP contribution in [0.4, 0.5) is 5.13 Å². The zero-order chi connectivity index (χ0) is 19.8. The number of benzene rings is 1. The molecule has 2 aromatic rings. The summed E-state index contributed by atoms with van der Waals surface area (Å²) in [5.41, 5.74) is 2.79. The first-order chi connectivity index (χ1) is 12.8. The molecule has 0 spiro atoms. The lowest BCUT2D eigenvalue weighted by atomic mass is 10.1. The number of ether oxygens (including phenoxy) is 1. The molecule has 146 valence electrons. The van der Waals surface area contributed by atoms with Crippen molar-refractivity contribution in [3.8, 4) is 0 Å². The third-order valence-electron chi connectivity index (χ3n) is 3.74. The molecule has 7 heteroatoms. The number of aromatic nitrogens is 1. The quantitative estimate of drug-likeness (QED) is 0.688. The Bertz CT molecular complexity index is 754. The number of hydrogen-bond donors (Lipinski definition) is 2. The number of carbonyl (C=O) groups is 2. The van der Waals surface area contributed by atoms with Gasteiger partial charge in [-0.05, 0) is 25.0 Å². The second kappa shape index (κ2) is 10.2. The normalized spacial score (nSPS) is 11.0. The minimum Gasteiger partial charge on any atom is -0.374 e. The van der Waals surface area contributed by atoms with Gasteiger partial charge in [-0.15, -0.1) is 11.3 Å². The van der Waals surface area contributed by atoms with Crippen LogP contribution in [-0.4, -0.2) is 22.9 Å². The number of hydrogen-bond acceptors (Lipinski definition) is 5. The van der Waals surface area contributed by atoms with Crippen LogP contribution in [0.3, 0.4) is 0 Å². The topological polar surface area (TPSA) is 80.3 Å². The van der Waals surface area contributed by atoms with E-state index in [1.54, 1.807) is 5.38 Å². The Morgan fingerprint density at radius 1 is 1.11 bits per heavy atom. The third kappa shape index (κ3) is 7.48. The molecule has 0 aliphatic carbocycles.